The smallest absolute Gasteiger partial charge is 0.0134 e. The molecule has 4 fully saturated rings. The first-order valence-corrected chi connectivity index (χ1v) is 31.8. The number of hydrogen-bond acceptors (Lipinski definition) is 2. The van der Waals surface area contributed by atoms with Gasteiger partial charge in [-0.25, -0.2) is 0 Å². The third kappa shape index (κ3) is 16.5. The van der Waals surface area contributed by atoms with Crippen molar-refractivity contribution in [1.29, 1.82) is 0 Å². The number of aromatic hydroxyl groups is 2. The van der Waals surface area contributed by atoms with Crippen LogP contribution in [0.25, 0.3) is 0 Å². The first kappa shape index (κ1) is 58.1. The van der Waals surface area contributed by atoms with Crippen molar-refractivity contribution in [1.82, 2.24) is 0 Å². The van der Waals surface area contributed by atoms with Crippen LogP contribution < -0.4 is 31.8 Å². The van der Waals surface area contributed by atoms with Crippen molar-refractivity contribution in [2.24, 2.45) is 0 Å². The maximum absolute atomic E-state index is 10.7. The topological polar surface area (TPSA) is 40.5 Å². The van der Waals surface area contributed by atoms with Crippen LogP contribution in [0.4, 0.5) is 0 Å². The van der Waals surface area contributed by atoms with E-state index in [1.807, 2.05) is 0 Å². The second-order valence-electron chi connectivity index (χ2n) is 21.6. The van der Waals surface area contributed by atoms with E-state index in [1.165, 1.54) is 182 Å². The molecule has 0 bridgehead atoms. The Morgan fingerprint density at radius 2 is 0.390 bits per heavy atom. The van der Waals surface area contributed by atoms with Crippen LogP contribution in [0.5, 0.6) is 11.5 Å². The molecule has 0 spiro atoms. The van der Waals surface area contributed by atoms with Gasteiger partial charge in [0.25, 0.3) is 0 Å². The first-order valence-electron chi connectivity index (χ1n) is 29.2. The van der Waals surface area contributed by atoms with Crippen molar-refractivity contribution < 1.29 is 32.6 Å². The maximum atomic E-state index is 10.7. The molecule has 4 aliphatic rings. The largest absolute Gasteiger partial charge is 0.0622 e. The molecule has 0 heterocycles. The molecular weight excluding hydrogens is 1140 g/mol. The minimum Gasteiger partial charge on any atom is -0.0622 e. The van der Waals surface area contributed by atoms with Gasteiger partial charge >= 0.3 is 22.4 Å². The summed E-state index contributed by atoms with van der Waals surface area (Å²) in [5, 5.41) is 29.8. The molecule has 12 rings (SSSR count). The normalized spacial score (nSPS) is 16.3. The van der Waals surface area contributed by atoms with E-state index in [0.29, 0.717) is 35.2 Å². The van der Waals surface area contributed by atoms with Gasteiger partial charge in [0.15, 0.2) is 0 Å². The van der Waals surface area contributed by atoms with Crippen molar-refractivity contribution in [3.8, 4) is 11.5 Å². The molecule has 4 saturated carbocycles. The summed E-state index contributed by atoms with van der Waals surface area (Å²) in [4.78, 5) is 0. The summed E-state index contributed by atoms with van der Waals surface area (Å²) in [6.07, 6.45) is 26.3. The monoisotopic (exact) mass is 1220 g/mol. The molecule has 0 aliphatic heterocycles. The van der Waals surface area contributed by atoms with Crippen molar-refractivity contribution in [3.05, 3.63) is 241 Å². The average molecular weight is 1230 g/mol. The van der Waals surface area contributed by atoms with E-state index < -0.39 is 15.8 Å². The van der Waals surface area contributed by atoms with E-state index >= 15 is 0 Å². The van der Waals surface area contributed by atoms with Crippen LogP contribution in [0.3, 0.4) is 0 Å². The van der Waals surface area contributed by atoms with E-state index in [2.05, 4.69) is 218 Å². The van der Waals surface area contributed by atoms with E-state index in [9.17, 15) is 10.2 Å². The summed E-state index contributed by atoms with van der Waals surface area (Å²) in [6, 6.07) is 77.7. The number of hydrogen-bond donors (Lipinski definition) is 2. The Morgan fingerprint density at radius 1 is 0.221 bits per heavy atom. The minimum atomic E-state index is -0.446. The van der Waals surface area contributed by atoms with Crippen LogP contribution >= 0.6 is 15.8 Å². The zero-order chi connectivity index (χ0) is 52.0. The fourth-order valence-corrected chi connectivity index (χ4v) is 17.1. The Morgan fingerprint density at radius 3 is 0.558 bits per heavy atom. The molecule has 0 aromatic heterocycles. The summed E-state index contributed by atoms with van der Waals surface area (Å²) in [6.45, 7) is 0. The van der Waals surface area contributed by atoms with Gasteiger partial charge in [0, 0.05) is 0 Å². The van der Waals surface area contributed by atoms with Crippen LogP contribution in [0, 0.1) is 0 Å². The third-order valence-corrected chi connectivity index (χ3v) is 21.4. The Hall–Kier alpha value is -5.04. The quantitative estimate of drug-likeness (QED) is 0.134. The van der Waals surface area contributed by atoms with E-state index in [1.54, 1.807) is 0 Å². The molecule has 8 aromatic rings. The van der Waals surface area contributed by atoms with Crippen LogP contribution in [-0.2, 0) is 22.4 Å². The molecule has 400 valence electrons. The number of benzene rings is 8. The Balaban J connectivity index is 0.000000135. The molecule has 4 aliphatic carbocycles. The first-order chi connectivity index (χ1) is 37.6. The van der Waals surface area contributed by atoms with Crippen LogP contribution in [0.1, 0.15) is 174 Å². The average Bonchev–Trinajstić information content (AvgIpc) is 3.51. The Kier molecular flexibility index (Phi) is 23.8. The fourth-order valence-electron chi connectivity index (χ4n) is 12.5. The zero-order valence-electron chi connectivity index (χ0n) is 45.7. The second-order valence-corrected chi connectivity index (χ2v) is 26.0. The zero-order valence-corrected chi connectivity index (χ0v) is 52.6. The molecule has 77 heavy (non-hydrogen) atoms. The van der Waals surface area contributed by atoms with Crippen LogP contribution in [0.2, 0.25) is 0 Å². The maximum Gasteiger partial charge on any atom is -0.0134 e. The molecular formula is C72H85O2P2Ta. The summed E-state index contributed by atoms with van der Waals surface area (Å²) < 4.78 is 0. The van der Waals surface area contributed by atoms with Gasteiger partial charge in [-0.15, -0.1) is 0 Å². The van der Waals surface area contributed by atoms with Crippen molar-refractivity contribution in [2.75, 3.05) is 0 Å². The van der Waals surface area contributed by atoms with Gasteiger partial charge in [0.1, 0.15) is 11.5 Å². The van der Waals surface area contributed by atoms with Gasteiger partial charge in [0.05, 0.1) is 0 Å². The molecule has 1 radical (unpaired) electrons. The molecule has 2 N–H and O–H groups in total. The van der Waals surface area contributed by atoms with Gasteiger partial charge < -0.3 is 10.2 Å². The third-order valence-electron chi connectivity index (χ3n) is 16.5. The second kappa shape index (κ2) is 31.5. The van der Waals surface area contributed by atoms with Crippen molar-refractivity contribution in [2.45, 2.75) is 152 Å². The predicted octanol–water partition coefficient (Wildman–Crippen LogP) is 17.1. The Labute approximate surface area is 481 Å². The number of para-hydroxylation sites is 2. The van der Waals surface area contributed by atoms with Crippen LogP contribution in [-0.4, -0.2) is 10.2 Å². The number of rotatable bonds is 10. The molecule has 5 heteroatoms. The Bertz CT molecular complexity index is 2400. The summed E-state index contributed by atoms with van der Waals surface area (Å²) in [7, 11) is -0.892. The van der Waals surface area contributed by atoms with E-state index in [0.717, 1.165) is 0 Å². The van der Waals surface area contributed by atoms with E-state index in [-0.39, 0.29) is 22.4 Å². The van der Waals surface area contributed by atoms with E-state index in [4.69, 9.17) is 0 Å². The SMILES string of the molecule is Oc1c(C2CCCCC2)cccc1C1CCCCC1.Oc1c(C2CCCCC2)cccc1C1CCCCC1.[TaH3].c1ccc(P(c2ccccc2)c2ccccc2)cc1.c1ccc(P(c2ccccc2)c2ccccc2)cc1. The number of phenolic OH excluding ortho intramolecular Hbond substituents is 2. The minimum absolute atomic E-state index is 0. The molecule has 0 atom stereocenters. The standard InChI is InChI=1S/2C18H26O.2C18H15P.Ta.3H/c2*19-18-16(14-8-3-1-4-9-14)12-7-13-17(18)15-10-5-2-6-11-15;2*1-4-10-16(11-5-1)19(17-12-6-2-7-13-17)18-14-8-3-9-15-18;;;;/h2*7,12-15,19H,1-6,8-11H2;2*1-15H;;;;. The summed E-state index contributed by atoms with van der Waals surface area (Å²) in [5.41, 5.74) is 4.95. The molecule has 2 nitrogen and oxygen atoms in total. The molecule has 8 aromatic carbocycles. The summed E-state index contributed by atoms with van der Waals surface area (Å²) >= 11 is 0. The van der Waals surface area contributed by atoms with Gasteiger partial charge in [-0.05, 0) is 145 Å². The predicted molar refractivity (Wildman–Crippen MR) is 334 cm³/mol. The molecule has 0 unspecified atom stereocenters. The number of phenols is 2. The van der Waals surface area contributed by atoms with Gasteiger partial charge in [0.2, 0.25) is 0 Å². The van der Waals surface area contributed by atoms with Crippen molar-refractivity contribution >= 4 is 47.7 Å². The molecule has 0 amide bonds. The molecule has 0 saturated heterocycles. The van der Waals surface area contributed by atoms with Crippen molar-refractivity contribution in [3.63, 3.8) is 0 Å². The van der Waals surface area contributed by atoms with Gasteiger partial charge in [-0.3, -0.25) is 0 Å². The van der Waals surface area contributed by atoms with Crippen LogP contribution in [0.15, 0.2) is 218 Å². The van der Waals surface area contributed by atoms with Gasteiger partial charge in [-0.1, -0.05) is 295 Å². The fraction of sp³-hybridized carbons (Fsp3) is 0.333. The van der Waals surface area contributed by atoms with Gasteiger partial charge in [-0.2, -0.15) is 0 Å². The summed E-state index contributed by atoms with van der Waals surface area (Å²) in [5.74, 6) is 3.71.